The molecule has 1 atom stereocenters. The zero-order chi connectivity index (χ0) is 23.0. The molecule has 1 unspecified atom stereocenters. The van der Waals surface area contributed by atoms with Crippen LogP contribution >= 0.6 is 0 Å². The number of rotatable bonds is 7. The van der Waals surface area contributed by atoms with Crippen molar-refractivity contribution < 1.29 is 27.4 Å². The number of benzene rings is 1. The fourth-order valence-electron chi connectivity index (χ4n) is 4.12. The lowest BCUT2D eigenvalue weighted by Gasteiger charge is -2.38. The molecule has 168 valence electrons. The first kappa shape index (κ1) is 23.1. The van der Waals surface area contributed by atoms with E-state index in [1.54, 1.807) is 39.8 Å². The molecule has 0 saturated carbocycles. The highest BCUT2D eigenvalue weighted by Crippen LogP contribution is 2.44. The maximum atomic E-state index is 14.1. The number of hydrogen-bond donors (Lipinski definition) is 2. The molecule has 1 aromatic carbocycles. The number of halogens is 4. The lowest BCUT2D eigenvalue weighted by atomic mass is 9.72. The molecule has 2 N–H and O–H groups in total. The van der Waals surface area contributed by atoms with E-state index in [2.05, 4.69) is 9.97 Å². The number of H-pyrrole nitrogens is 1. The number of ether oxygens (including phenoxy) is 1. The van der Waals surface area contributed by atoms with Crippen LogP contribution in [0, 0.1) is 12.7 Å². The second-order valence-electron chi connectivity index (χ2n) is 8.56. The van der Waals surface area contributed by atoms with E-state index >= 15 is 0 Å². The summed E-state index contributed by atoms with van der Waals surface area (Å²) in [6.07, 6.45) is -4.72. The number of fused-ring (bicyclic) bond motifs is 1. The summed E-state index contributed by atoms with van der Waals surface area (Å²) in [5, 5.41) is 11.5. The molecule has 0 bridgehead atoms. The Morgan fingerprint density at radius 1 is 1.13 bits per heavy atom. The van der Waals surface area contributed by atoms with Crippen LogP contribution in [0.15, 0.2) is 36.5 Å². The molecule has 0 aliphatic carbocycles. The average molecular weight is 438 g/mol. The minimum absolute atomic E-state index is 0.219. The van der Waals surface area contributed by atoms with Gasteiger partial charge in [0.2, 0.25) is 5.88 Å². The number of nitrogens with zero attached hydrogens (tertiary/aromatic N) is 1. The number of aromatic nitrogens is 2. The Labute approximate surface area is 178 Å². The molecule has 0 spiro atoms. The van der Waals surface area contributed by atoms with Crippen molar-refractivity contribution in [2.24, 2.45) is 0 Å². The van der Waals surface area contributed by atoms with Gasteiger partial charge in [0.15, 0.2) is 5.60 Å². The van der Waals surface area contributed by atoms with Crippen molar-refractivity contribution in [2.45, 2.75) is 57.7 Å². The number of aliphatic hydroxyl groups is 1. The summed E-state index contributed by atoms with van der Waals surface area (Å²) in [7, 11) is 0. The van der Waals surface area contributed by atoms with Gasteiger partial charge in [0.05, 0.1) is 18.3 Å². The number of aryl methyl sites for hydroxylation is 1. The van der Waals surface area contributed by atoms with Gasteiger partial charge in [-0.3, -0.25) is 0 Å². The van der Waals surface area contributed by atoms with Crippen LogP contribution in [0.3, 0.4) is 0 Å². The van der Waals surface area contributed by atoms with Crippen LogP contribution < -0.4 is 4.74 Å². The third kappa shape index (κ3) is 4.84. The molecule has 2 heterocycles. The summed E-state index contributed by atoms with van der Waals surface area (Å²) in [6, 6.07) is 7.21. The number of nitrogens with one attached hydrogen (secondary N) is 1. The molecule has 0 aliphatic heterocycles. The summed E-state index contributed by atoms with van der Waals surface area (Å²) >= 11 is 0. The van der Waals surface area contributed by atoms with Crippen LogP contribution in [0.4, 0.5) is 17.6 Å². The maximum Gasteiger partial charge on any atom is 0.417 e. The number of alkyl halides is 3. The smallest absolute Gasteiger partial charge is 0.417 e. The summed E-state index contributed by atoms with van der Waals surface area (Å²) in [4.78, 5) is 7.00. The molecule has 2 aromatic heterocycles. The molecule has 0 fully saturated rings. The monoisotopic (exact) mass is 438 g/mol. The molecular formula is C23H26F4N2O2. The van der Waals surface area contributed by atoms with E-state index in [1.807, 2.05) is 0 Å². The molecule has 8 heteroatoms. The Morgan fingerprint density at radius 3 is 2.48 bits per heavy atom. The predicted molar refractivity (Wildman–Crippen MR) is 111 cm³/mol. The van der Waals surface area contributed by atoms with Crippen LogP contribution in [0.5, 0.6) is 5.88 Å². The number of aromatic amines is 1. The highest BCUT2D eigenvalue weighted by molar-refractivity contribution is 5.80. The molecule has 0 saturated heterocycles. The van der Waals surface area contributed by atoms with E-state index in [1.165, 1.54) is 24.4 Å². The van der Waals surface area contributed by atoms with E-state index in [-0.39, 0.29) is 5.69 Å². The van der Waals surface area contributed by atoms with Crippen LogP contribution in [0.2, 0.25) is 0 Å². The predicted octanol–water partition coefficient (Wildman–Crippen LogP) is 5.61. The van der Waals surface area contributed by atoms with E-state index in [0.29, 0.717) is 34.5 Å². The molecule has 0 amide bonds. The first-order valence-electron chi connectivity index (χ1n) is 10.0. The molecule has 3 aromatic rings. The van der Waals surface area contributed by atoms with Crippen molar-refractivity contribution in [3.05, 3.63) is 59.2 Å². The fourth-order valence-corrected chi connectivity index (χ4v) is 4.12. The van der Waals surface area contributed by atoms with Crippen LogP contribution in [-0.4, -0.2) is 33.5 Å². The first-order chi connectivity index (χ1) is 14.3. The fraction of sp³-hybridized carbons (Fsp3) is 0.435. The van der Waals surface area contributed by atoms with E-state index in [9.17, 15) is 22.7 Å². The van der Waals surface area contributed by atoms with Gasteiger partial charge in [-0.05, 0) is 55.0 Å². The second kappa shape index (κ2) is 8.15. The second-order valence-corrected chi connectivity index (χ2v) is 8.56. The first-order valence-corrected chi connectivity index (χ1v) is 10.0. The van der Waals surface area contributed by atoms with Gasteiger partial charge in [-0.25, -0.2) is 9.37 Å². The summed E-state index contributed by atoms with van der Waals surface area (Å²) in [5.41, 5.74) is -2.30. The van der Waals surface area contributed by atoms with Gasteiger partial charge in [0.25, 0.3) is 0 Å². The van der Waals surface area contributed by atoms with Crippen molar-refractivity contribution in [1.82, 2.24) is 9.97 Å². The molecular weight excluding hydrogens is 412 g/mol. The molecule has 0 aliphatic rings. The molecule has 4 nitrogen and oxygen atoms in total. The SMILES string of the molecule is CCOc1cc2cc(CC(O)(CC(C)(C)c3cc(F)ccc3C)C(F)(F)F)[nH]c2cn1. The summed E-state index contributed by atoms with van der Waals surface area (Å²) in [6.45, 7) is 7.09. The Hall–Kier alpha value is -2.61. The molecule has 0 radical (unpaired) electrons. The van der Waals surface area contributed by atoms with Gasteiger partial charge < -0.3 is 14.8 Å². The maximum absolute atomic E-state index is 14.1. The van der Waals surface area contributed by atoms with E-state index in [0.717, 1.165) is 0 Å². The summed E-state index contributed by atoms with van der Waals surface area (Å²) < 4.78 is 61.3. The van der Waals surface area contributed by atoms with Crippen LogP contribution in [0.1, 0.15) is 44.0 Å². The third-order valence-electron chi connectivity index (χ3n) is 5.50. The zero-order valence-electron chi connectivity index (χ0n) is 17.9. The minimum atomic E-state index is -4.89. The van der Waals surface area contributed by atoms with Gasteiger partial charge in [-0.2, -0.15) is 13.2 Å². The Morgan fingerprint density at radius 2 is 1.84 bits per heavy atom. The van der Waals surface area contributed by atoms with Gasteiger partial charge in [0, 0.05) is 23.6 Å². The van der Waals surface area contributed by atoms with Crippen LogP contribution in [-0.2, 0) is 11.8 Å². The van der Waals surface area contributed by atoms with E-state index in [4.69, 9.17) is 4.74 Å². The highest BCUT2D eigenvalue weighted by atomic mass is 19.4. The standard InChI is InChI=1S/C23H26F4N2O2/c1-5-31-20-9-15-8-17(29-19(15)12-28-20)11-22(30,23(25,26)27)13-21(3,4)18-10-16(24)7-6-14(18)2/h6-10,12,29-30H,5,11,13H2,1-4H3. The quantitative estimate of drug-likeness (QED) is 0.471. The zero-order valence-corrected chi connectivity index (χ0v) is 17.9. The normalized spacial score (nSPS) is 14.6. The van der Waals surface area contributed by atoms with Gasteiger partial charge >= 0.3 is 6.18 Å². The number of hydrogen-bond acceptors (Lipinski definition) is 3. The van der Waals surface area contributed by atoms with Gasteiger partial charge in [-0.1, -0.05) is 19.9 Å². The molecule has 3 rings (SSSR count). The van der Waals surface area contributed by atoms with Crippen LogP contribution in [0.25, 0.3) is 10.9 Å². The summed E-state index contributed by atoms with van der Waals surface area (Å²) in [5.74, 6) is -0.160. The van der Waals surface area contributed by atoms with Crippen molar-refractivity contribution in [2.75, 3.05) is 6.61 Å². The lowest BCUT2D eigenvalue weighted by molar-refractivity contribution is -0.266. The van der Waals surface area contributed by atoms with Gasteiger partial charge in [-0.15, -0.1) is 0 Å². The van der Waals surface area contributed by atoms with Crippen molar-refractivity contribution in [3.63, 3.8) is 0 Å². The van der Waals surface area contributed by atoms with Crippen molar-refractivity contribution in [3.8, 4) is 5.88 Å². The Balaban J connectivity index is 1.95. The minimum Gasteiger partial charge on any atom is -0.478 e. The average Bonchev–Trinajstić information content (AvgIpc) is 3.03. The van der Waals surface area contributed by atoms with Crippen molar-refractivity contribution >= 4 is 10.9 Å². The van der Waals surface area contributed by atoms with Gasteiger partial charge in [0.1, 0.15) is 5.82 Å². The lowest BCUT2D eigenvalue weighted by Crippen LogP contribution is -2.51. The number of pyridine rings is 1. The Bertz CT molecular complexity index is 1080. The largest absolute Gasteiger partial charge is 0.478 e. The highest BCUT2D eigenvalue weighted by Gasteiger charge is 2.56. The third-order valence-corrected chi connectivity index (χ3v) is 5.50. The van der Waals surface area contributed by atoms with Crippen molar-refractivity contribution in [1.29, 1.82) is 0 Å². The topological polar surface area (TPSA) is 58.1 Å². The Kier molecular flexibility index (Phi) is 6.06. The molecule has 31 heavy (non-hydrogen) atoms. The van der Waals surface area contributed by atoms with E-state index < -0.39 is 35.9 Å².